The number of hydrogen-bond donors (Lipinski definition) is 1. The van der Waals surface area contributed by atoms with Crippen molar-refractivity contribution in [3.05, 3.63) is 0 Å². The van der Waals surface area contributed by atoms with Crippen molar-refractivity contribution in [3.8, 4) is 0 Å². The van der Waals surface area contributed by atoms with E-state index in [0.717, 1.165) is 24.5 Å². The molecule has 2 atom stereocenters. The van der Waals surface area contributed by atoms with E-state index in [-0.39, 0.29) is 0 Å². The van der Waals surface area contributed by atoms with E-state index in [2.05, 4.69) is 24.2 Å². The minimum absolute atomic E-state index is 0.803. The van der Waals surface area contributed by atoms with Gasteiger partial charge in [-0.3, -0.25) is 0 Å². The largest absolute Gasteiger partial charge is 0.314 e. The van der Waals surface area contributed by atoms with Crippen molar-refractivity contribution in [1.82, 2.24) is 10.2 Å². The molecule has 0 heterocycles. The Labute approximate surface area is 94.4 Å². The van der Waals surface area contributed by atoms with Gasteiger partial charge < -0.3 is 10.2 Å². The van der Waals surface area contributed by atoms with Crippen LogP contribution in [-0.2, 0) is 0 Å². The van der Waals surface area contributed by atoms with E-state index in [1.165, 1.54) is 45.1 Å². The summed E-state index contributed by atoms with van der Waals surface area (Å²) in [6.07, 6.45) is 8.60. The minimum Gasteiger partial charge on any atom is -0.314 e. The van der Waals surface area contributed by atoms with Gasteiger partial charge in [-0.2, -0.15) is 0 Å². The zero-order valence-corrected chi connectivity index (χ0v) is 10.3. The molecule has 0 amide bonds. The molecule has 15 heavy (non-hydrogen) atoms. The van der Waals surface area contributed by atoms with Gasteiger partial charge in [0.05, 0.1) is 0 Å². The molecule has 2 saturated carbocycles. The fraction of sp³-hybridized carbons (Fsp3) is 1.00. The third-order valence-electron chi connectivity index (χ3n) is 4.35. The molecule has 0 bridgehead atoms. The highest BCUT2D eigenvalue weighted by molar-refractivity contribution is 4.87. The molecule has 2 fully saturated rings. The summed E-state index contributed by atoms with van der Waals surface area (Å²) in [6.45, 7) is 4.68. The smallest absolute Gasteiger partial charge is 0.0107 e. The van der Waals surface area contributed by atoms with E-state index in [1.54, 1.807) is 0 Å². The molecule has 2 heteroatoms. The molecule has 1 N–H and O–H groups in total. The molecule has 0 saturated heterocycles. The lowest BCUT2D eigenvalue weighted by Gasteiger charge is -2.37. The molecule has 2 nitrogen and oxygen atoms in total. The topological polar surface area (TPSA) is 15.3 Å². The SMILES string of the molecule is CCNC1CCCC1CN(C)C1CCC1. The van der Waals surface area contributed by atoms with Crippen molar-refractivity contribution in [2.45, 2.75) is 57.5 Å². The fourth-order valence-electron chi connectivity index (χ4n) is 3.13. The number of nitrogens with zero attached hydrogens (tertiary/aromatic N) is 1. The van der Waals surface area contributed by atoms with Crippen molar-refractivity contribution in [1.29, 1.82) is 0 Å². The Bertz CT molecular complexity index is 189. The Kier molecular flexibility index (Phi) is 4.04. The molecule has 0 aromatic heterocycles. The maximum atomic E-state index is 3.65. The van der Waals surface area contributed by atoms with Crippen LogP contribution in [0.3, 0.4) is 0 Å². The third-order valence-corrected chi connectivity index (χ3v) is 4.35. The van der Waals surface area contributed by atoms with Gasteiger partial charge in [-0.05, 0) is 45.2 Å². The zero-order valence-electron chi connectivity index (χ0n) is 10.3. The molecule has 0 aliphatic heterocycles. The number of rotatable bonds is 5. The van der Waals surface area contributed by atoms with Gasteiger partial charge in [0.1, 0.15) is 0 Å². The van der Waals surface area contributed by atoms with Gasteiger partial charge in [-0.25, -0.2) is 0 Å². The van der Waals surface area contributed by atoms with Gasteiger partial charge in [0.25, 0.3) is 0 Å². The van der Waals surface area contributed by atoms with Crippen LogP contribution in [0.5, 0.6) is 0 Å². The van der Waals surface area contributed by atoms with Crippen molar-refractivity contribution >= 4 is 0 Å². The molecule has 2 aliphatic carbocycles. The maximum absolute atomic E-state index is 3.65. The molecule has 88 valence electrons. The number of hydrogen-bond acceptors (Lipinski definition) is 2. The predicted octanol–water partition coefficient (Wildman–Crippen LogP) is 2.25. The van der Waals surface area contributed by atoms with Gasteiger partial charge in [0.2, 0.25) is 0 Å². The molecule has 2 aliphatic rings. The summed E-state index contributed by atoms with van der Waals surface area (Å²) in [5, 5.41) is 3.65. The molecule has 0 aromatic rings. The summed E-state index contributed by atoms with van der Waals surface area (Å²) >= 11 is 0. The molecule has 0 aromatic carbocycles. The summed E-state index contributed by atoms with van der Waals surface area (Å²) in [5.41, 5.74) is 0. The van der Waals surface area contributed by atoms with E-state index in [0.29, 0.717) is 0 Å². The van der Waals surface area contributed by atoms with E-state index >= 15 is 0 Å². The first-order chi connectivity index (χ1) is 7.31. The molecule has 2 rings (SSSR count). The summed E-state index contributed by atoms with van der Waals surface area (Å²) in [4.78, 5) is 2.61. The second kappa shape index (κ2) is 5.31. The van der Waals surface area contributed by atoms with Crippen LogP contribution in [0.4, 0.5) is 0 Å². The summed E-state index contributed by atoms with van der Waals surface area (Å²) in [6, 6.07) is 1.71. The molecule has 2 unspecified atom stereocenters. The highest BCUT2D eigenvalue weighted by atomic mass is 15.1. The standard InChI is InChI=1S/C13H26N2/c1-3-14-13-9-4-6-11(13)10-15(2)12-7-5-8-12/h11-14H,3-10H2,1-2H3. The zero-order chi connectivity index (χ0) is 10.7. The highest BCUT2D eigenvalue weighted by Crippen LogP contribution is 2.29. The monoisotopic (exact) mass is 210 g/mol. The van der Waals surface area contributed by atoms with Gasteiger partial charge in [0, 0.05) is 18.6 Å². The Morgan fingerprint density at radius 2 is 1.87 bits per heavy atom. The van der Waals surface area contributed by atoms with Crippen LogP contribution in [-0.4, -0.2) is 37.1 Å². The first-order valence-electron chi connectivity index (χ1n) is 6.75. The Morgan fingerprint density at radius 3 is 2.47 bits per heavy atom. The predicted molar refractivity (Wildman–Crippen MR) is 65.1 cm³/mol. The average molecular weight is 210 g/mol. The second-order valence-electron chi connectivity index (χ2n) is 5.38. The van der Waals surface area contributed by atoms with Crippen LogP contribution in [0.1, 0.15) is 45.4 Å². The van der Waals surface area contributed by atoms with Crippen molar-refractivity contribution < 1.29 is 0 Å². The van der Waals surface area contributed by atoms with Crippen molar-refractivity contribution in [3.63, 3.8) is 0 Å². The summed E-state index contributed by atoms with van der Waals surface area (Å²) in [5.74, 6) is 0.913. The fourth-order valence-corrected chi connectivity index (χ4v) is 3.13. The first kappa shape index (κ1) is 11.4. The molecule has 0 spiro atoms. The first-order valence-corrected chi connectivity index (χ1v) is 6.75. The second-order valence-corrected chi connectivity index (χ2v) is 5.38. The molecular formula is C13H26N2. The van der Waals surface area contributed by atoms with Crippen LogP contribution >= 0.6 is 0 Å². The lowest BCUT2D eigenvalue weighted by Crippen LogP contribution is -2.44. The van der Waals surface area contributed by atoms with Crippen LogP contribution in [0, 0.1) is 5.92 Å². The van der Waals surface area contributed by atoms with Crippen LogP contribution in [0.15, 0.2) is 0 Å². The quantitative estimate of drug-likeness (QED) is 0.749. The van der Waals surface area contributed by atoms with Crippen LogP contribution in [0.25, 0.3) is 0 Å². The molecular weight excluding hydrogens is 184 g/mol. The lowest BCUT2D eigenvalue weighted by molar-refractivity contribution is 0.131. The molecule has 0 radical (unpaired) electrons. The van der Waals surface area contributed by atoms with Gasteiger partial charge in [-0.15, -0.1) is 0 Å². The van der Waals surface area contributed by atoms with Crippen LogP contribution in [0.2, 0.25) is 0 Å². The Hall–Kier alpha value is -0.0800. The van der Waals surface area contributed by atoms with Gasteiger partial charge in [-0.1, -0.05) is 19.8 Å². The number of nitrogens with one attached hydrogen (secondary N) is 1. The van der Waals surface area contributed by atoms with E-state index in [4.69, 9.17) is 0 Å². The normalized spacial score (nSPS) is 32.2. The maximum Gasteiger partial charge on any atom is 0.0107 e. The summed E-state index contributed by atoms with van der Waals surface area (Å²) < 4.78 is 0. The third kappa shape index (κ3) is 2.73. The average Bonchev–Trinajstić information content (AvgIpc) is 2.50. The van der Waals surface area contributed by atoms with E-state index in [9.17, 15) is 0 Å². The van der Waals surface area contributed by atoms with Gasteiger partial charge >= 0.3 is 0 Å². The van der Waals surface area contributed by atoms with Crippen molar-refractivity contribution in [2.24, 2.45) is 5.92 Å². The Balaban J connectivity index is 1.76. The van der Waals surface area contributed by atoms with Crippen molar-refractivity contribution in [2.75, 3.05) is 20.1 Å². The summed E-state index contributed by atoms with van der Waals surface area (Å²) in [7, 11) is 2.32. The van der Waals surface area contributed by atoms with E-state index < -0.39 is 0 Å². The minimum atomic E-state index is 0.803. The highest BCUT2D eigenvalue weighted by Gasteiger charge is 2.30. The Morgan fingerprint density at radius 1 is 1.13 bits per heavy atom. The van der Waals surface area contributed by atoms with Crippen LogP contribution < -0.4 is 5.32 Å². The lowest BCUT2D eigenvalue weighted by atomic mass is 9.90. The van der Waals surface area contributed by atoms with E-state index in [1.807, 2.05) is 0 Å². The van der Waals surface area contributed by atoms with Gasteiger partial charge in [0.15, 0.2) is 0 Å².